The first-order chi connectivity index (χ1) is 7.24. The number of amides is 1. The van der Waals surface area contributed by atoms with Crippen LogP contribution >= 0.6 is 23.7 Å². The van der Waals surface area contributed by atoms with Gasteiger partial charge < -0.3 is 15.0 Å². The molecule has 1 N–H and O–H groups in total. The lowest BCUT2D eigenvalue weighted by Crippen LogP contribution is -2.57. The molecular formula is C10H15ClN2O2S. The lowest BCUT2D eigenvalue weighted by molar-refractivity contribution is 0.0683. The summed E-state index contributed by atoms with van der Waals surface area (Å²) in [6.07, 6.45) is 0. The summed E-state index contributed by atoms with van der Waals surface area (Å²) < 4.78 is 5.14. The summed E-state index contributed by atoms with van der Waals surface area (Å²) in [5, 5.41) is 5.02. The number of methoxy groups -OCH3 is 1. The SMILES string of the molecule is COc1ccsc1C(=O)N(C)C1CNC1.Cl. The molecule has 2 rings (SSSR count). The first-order valence-corrected chi connectivity index (χ1v) is 5.71. The third kappa shape index (κ3) is 2.31. The lowest BCUT2D eigenvalue weighted by atomic mass is 10.1. The Bertz CT molecular complexity index is 365. The minimum atomic E-state index is 0. The highest BCUT2D eigenvalue weighted by atomic mass is 35.5. The molecule has 16 heavy (non-hydrogen) atoms. The zero-order valence-electron chi connectivity index (χ0n) is 9.23. The molecule has 0 unspecified atom stereocenters. The summed E-state index contributed by atoms with van der Waals surface area (Å²) in [5.41, 5.74) is 0. The van der Waals surface area contributed by atoms with Crippen molar-refractivity contribution in [2.24, 2.45) is 0 Å². The summed E-state index contributed by atoms with van der Waals surface area (Å²) in [4.78, 5) is 14.5. The summed E-state index contributed by atoms with van der Waals surface area (Å²) in [5.74, 6) is 0.720. The van der Waals surface area contributed by atoms with Crippen LogP contribution in [0.5, 0.6) is 5.75 Å². The average Bonchev–Trinajstić information content (AvgIpc) is 2.61. The van der Waals surface area contributed by atoms with Crippen LogP contribution in [0.3, 0.4) is 0 Å². The van der Waals surface area contributed by atoms with Crippen molar-refractivity contribution in [1.29, 1.82) is 0 Å². The van der Waals surface area contributed by atoms with Crippen molar-refractivity contribution in [3.8, 4) is 5.75 Å². The van der Waals surface area contributed by atoms with Crippen molar-refractivity contribution >= 4 is 29.7 Å². The molecule has 1 amide bonds. The maximum absolute atomic E-state index is 12.0. The zero-order chi connectivity index (χ0) is 10.8. The van der Waals surface area contributed by atoms with Crippen LogP contribution in [0.4, 0.5) is 0 Å². The zero-order valence-corrected chi connectivity index (χ0v) is 10.9. The van der Waals surface area contributed by atoms with E-state index in [0.717, 1.165) is 13.1 Å². The van der Waals surface area contributed by atoms with Crippen molar-refractivity contribution in [3.05, 3.63) is 16.3 Å². The predicted molar refractivity (Wildman–Crippen MR) is 66.9 cm³/mol. The van der Waals surface area contributed by atoms with Crippen LogP contribution < -0.4 is 10.1 Å². The second-order valence-electron chi connectivity index (χ2n) is 3.55. The maximum atomic E-state index is 12.0. The second-order valence-corrected chi connectivity index (χ2v) is 4.46. The molecule has 0 saturated carbocycles. The van der Waals surface area contributed by atoms with E-state index in [1.807, 2.05) is 18.5 Å². The molecule has 0 bridgehead atoms. The molecule has 0 atom stereocenters. The molecule has 1 aromatic heterocycles. The fourth-order valence-electron chi connectivity index (χ4n) is 1.49. The van der Waals surface area contributed by atoms with Gasteiger partial charge in [-0.05, 0) is 11.4 Å². The van der Waals surface area contributed by atoms with Crippen molar-refractivity contribution < 1.29 is 9.53 Å². The van der Waals surface area contributed by atoms with Gasteiger partial charge in [0.15, 0.2) is 0 Å². The number of carbonyl (C=O) groups is 1. The Kier molecular flexibility index (Phi) is 4.58. The minimum absolute atomic E-state index is 0. The van der Waals surface area contributed by atoms with Gasteiger partial charge in [-0.15, -0.1) is 23.7 Å². The number of halogens is 1. The molecule has 90 valence electrons. The summed E-state index contributed by atoms with van der Waals surface area (Å²) in [7, 11) is 3.43. The number of ether oxygens (including phenoxy) is 1. The van der Waals surface area contributed by atoms with E-state index in [2.05, 4.69) is 5.32 Å². The molecular weight excluding hydrogens is 248 g/mol. The molecule has 0 spiro atoms. The van der Waals surface area contributed by atoms with Crippen LogP contribution in [-0.4, -0.2) is 44.1 Å². The Morgan fingerprint density at radius 2 is 2.31 bits per heavy atom. The van der Waals surface area contributed by atoms with Crippen LogP contribution in [0.25, 0.3) is 0 Å². The molecule has 1 saturated heterocycles. The van der Waals surface area contributed by atoms with E-state index in [-0.39, 0.29) is 18.3 Å². The van der Waals surface area contributed by atoms with Crippen LogP contribution in [0.1, 0.15) is 9.67 Å². The molecule has 0 aromatic carbocycles. The number of carbonyl (C=O) groups excluding carboxylic acids is 1. The minimum Gasteiger partial charge on any atom is -0.495 e. The van der Waals surface area contributed by atoms with E-state index in [0.29, 0.717) is 16.7 Å². The third-order valence-corrected chi connectivity index (χ3v) is 3.55. The molecule has 0 radical (unpaired) electrons. The Morgan fingerprint density at radius 3 is 2.81 bits per heavy atom. The summed E-state index contributed by atoms with van der Waals surface area (Å²) in [6.45, 7) is 1.77. The van der Waals surface area contributed by atoms with Crippen molar-refractivity contribution in [2.75, 3.05) is 27.2 Å². The quantitative estimate of drug-likeness (QED) is 0.891. The highest BCUT2D eigenvalue weighted by Crippen LogP contribution is 2.26. The standard InChI is InChI=1S/C10H14N2O2S.ClH/c1-12(7-5-11-6-7)10(13)9-8(14-2)3-4-15-9;/h3-4,7,11H,5-6H2,1-2H3;1H. The van der Waals surface area contributed by atoms with Gasteiger partial charge in [-0.1, -0.05) is 0 Å². The van der Waals surface area contributed by atoms with Gasteiger partial charge in [0.1, 0.15) is 10.6 Å². The molecule has 1 aromatic rings. The molecule has 0 aliphatic carbocycles. The van der Waals surface area contributed by atoms with Crippen molar-refractivity contribution in [2.45, 2.75) is 6.04 Å². The predicted octanol–water partition coefficient (Wildman–Crippen LogP) is 1.22. The smallest absolute Gasteiger partial charge is 0.267 e. The number of hydrogen-bond donors (Lipinski definition) is 1. The number of nitrogens with one attached hydrogen (secondary N) is 1. The third-order valence-electron chi connectivity index (χ3n) is 2.67. The number of nitrogens with zero attached hydrogens (tertiary/aromatic N) is 1. The van der Waals surface area contributed by atoms with E-state index in [1.165, 1.54) is 11.3 Å². The van der Waals surface area contributed by atoms with Crippen molar-refractivity contribution in [1.82, 2.24) is 10.2 Å². The fourth-order valence-corrected chi connectivity index (χ4v) is 2.33. The van der Waals surface area contributed by atoms with Crippen LogP contribution in [-0.2, 0) is 0 Å². The maximum Gasteiger partial charge on any atom is 0.267 e. The highest BCUT2D eigenvalue weighted by Gasteiger charge is 2.28. The Morgan fingerprint density at radius 1 is 1.62 bits per heavy atom. The van der Waals surface area contributed by atoms with Crippen molar-refractivity contribution in [3.63, 3.8) is 0 Å². The average molecular weight is 263 g/mol. The summed E-state index contributed by atoms with van der Waals surface area (Å²) >= 11 is 1.43. The van der Waals surface area contributed by atoms with E-state index in [4.69, 9.17) is 4.74 Å². The second kappa shape index (κ2) is 5.52. The van der Waals surface area contributed by atoms with Gasteiger partial charge in [0.2, 0.25) is 0 Å². The number of hydrogen-bond acceptors (Lipinski definition) is 4. The fraction of sp³-hybridized carbons (Fsp3) is 0.500. The Labute approximate surface area is 105 Å². The van der Waals surface area contributed by atoms with Gasteiger partial charge in [-0.2, -0.15) is 0 Å². The number of rotatable bonds is 3. The Hall–Kier alpha value is -0.780. The van der Waals surface area contributed by atoms with Crippen LogP contribution in [0.15, 0.2) is 11.4 Å². The molecule has 1 aliphatic rings. The topological polar surface area (TPSA) is 41.6 Å². The van der Waals surface area contributed by atoms with Gasteiger partial charge in [-0.25, -0.2) is 0 Å². The molecule has 1 fully saturated rings. The lowest BCUT2D eigenvalue weighted by Gasteiger charge is -2.35. The number of thiophene rings is 1. The molecule has 2 heterocycles. The molecule has 4 nitrogen and oxygen atoms in total. The van der Waals surface area contributed by atoms with Crippen LogP contribution in [0, 0.1) is 0 Å². The highest BCUT2D eigenvalue weighted by molar-refractivity contribution is 7.12. The van der Waals surface area contributed by atoms with E-state index >= 15 is 0 Å². The van der Waals surface area contributed by atoms with Gasteiger partial charge in [-0.3, -0.25) is 4.79 Å². The molecule has 6 heteroatoms. The first-order valence-electron chi connectivity index (χ1n) is 4.83. The number of likely N-dealkylation sites (N-methyl/N-ethyl adjacent to an activating group) is 1. The summed E-state index contributed by atoms with van der Waals surface area (Å²) in [6, 6.07) is 2.15. The largest absolute Gasteiger partial charge is 0.495 e. The van der Waals surface area contributed by atoms with Crippen LogP contribution in [0.2, 0.25) is 0 Å². The first kappa shape index (κ1) is 13.3. The monoisotopic (exact) mass is 262 g/mol. The van der Waals surface area contributed by atoms with Gasteiger partial charge in [0.05, 0.1) is 13.2 Å². The normalized spacial score (nSPS) is 14.9. The van der Waals surface area contributed by atoms with E-state index in [1.54, 1.807) is 12.0 Å². The Balaban J connectivity index is 0.00000128. The van der Waals surface area contributed by atoms with E-state index in [9.17, 15) is 4.79 Å². The van der Waals surface area contributed by atoms with Gasteiger partial charge in [0.25, 0.3) is 5.91 Å². The molecule has 1 aliphatic heterocycles. The van der Waals surface area contributed by atoms with Gasteiger partial charge >= 0.3 is 0 Å². The van der Waals surface area contributed by atoms with E-state index < -0.39 is 0 Å². The van der Waals surface area contributed by atoms with Gasteiger partial charge in [0, 0.05) is 20.1 Å².